The summed E-state index contributed by atoms with van der Waals surface area (Å²) in [5, 5.41) is 6.15. The van der Waals surface area contributed by atoms with E-state index in [9.17, 15) is 4.79 Å². The van der Waals surface area contributed by atoms with Gasteiger partial charge in [-0.05, 0) is 38.1 Å². The number of Topliss-reactive ketones (excluding diaryl/α,β-unsaturated/α-hetero) is 1. The van der Waals surface area contributed by atoms with Gasteiger partial charge < -0.3 is 5.32 Å². The number of benzene rings is 2. The number of carbonyl (C=O) groups excluding carboxylic acids is 1. The van der Waals surface area contributed by atoms with E-state index in [1.807, 2.05) is 29.6 Å². The molecule has 0 spiro atoms. The number of rotatable bonds is 4. The van der Waals surface area contributed by atoms with Crippen molar-refractivity contribution in [1.29, 1.82) is 0 Å². The minimum Gasteiger partial charge on any atom is -0.332 e. The van der Waals surface area contributed by atoms with Crippen LogP contribution in [-0.4, -0.2) is 10.8 Å². The van der Waals surface area contributed by atoms with Crippen LogP contribution in [0.25, 0.3) is 11.3 Å². The summed E-state index contributed by atoms with van der Waals surface area (Å²) < 4.78 is 0. The number of aromatic nitrogens is 1. The van der Waals surface area contributed by atoms with E-state index in [0.717, 1.165) is 22.1 Å². The quantitative estimate of drug-likeness (QED) is 0.685. The zero-order chi connectivity index (χ0) is 15.5. The Morgan fingerprint density at radius 2 is 1.73 bits per heavy atom. The standard InChI is InChI=1S/C18H16N2OS/c1-12-3-5-15(6-4-12)17-11-22-18(20-17)19-16-9-7-14(8-10-16)13(2)21/h3-11H,1-2H3,(H,19,20). The summed E-state index contributed by atoms with van der Waals surface area (Å²) in [4.78, 5) is 15.9. The van der Waals surface area contributed by atoms with Crippen LogP contribution in [-0.2, 0) is 0 Å². The van der Waals surface area contributed by atoms with Gasteiger partial charge in [0.1, 0.15) is 0 Å². The van der Waals surface area contributed by atoms with Crippen LogP contribution < -0.4 is 5.32 Å². The summed E-state index contributed by atoms with van der Waals surface area (Å²) in [6.07, 6.45) is 0. The number of carbonyl (C=O) groups is 1. The molecule has 3 rings (SSSR count). The fraction of sp³-hybridized carbons (Fsp3) is 0.111. The maximum absolute atomic E-state index is 11.3. The normalized spacial score (nSPS) is 10.5. The molecule has 0 unspecified atom stereocenters. The first kappa shape index (κ1) is 14.5. The number of nitrogens with zero attached hydrogens (tertiary/aromatic N) is 1. The van der Waals surface area contributed by atoms with E-state index in [2.05, 4.69) is 41.5 Å². The average Bonchev–Trinajstić information content (AvgIpc) is 2.97. The Morgan fingerprint density at radius 1 is 1.05 bits per heavy atom. The summed E-state index contributed by atoms with van der Waals surface area (Å²) >= 11 is 1.56. The summed E-state index contributed by atoms with van der Waals surface area (Å²) in [5.74, 6) is 0.0717. The van der Waals surface area contributed by atoms with Crippen LogP contribution in [0.4, 0.5) is 10.8 Å². The van der Waals surface area contributed by atoms with Crippen molar-refractivity contribution in [2.24, 2.45) is 0 Å². The van der Waals surface area contributed by atoms with Crippen molar-refractivity contribution in [3.05, 3.63) is 65.0 Å². The van der Waals surface area contributed by atoms with Gasteiger partial charge in [-0.1, -0.05) is 29.8 Å². The van der Waals surface area contributed by atoms with Gasteiger partial charge in [-0.25, -0.2) is 4.98 Å². The first-order valence-electron chi connectivity index (χ1n) is 7.02. The lowest BCUT2D eigenvalue weighted by atomic mass is 10.1. The van der Waals surface area contributed by atoms with Gasteiger partial charge in [0.2, 0.25) is 0 Å². The van der Waals surface area contributed by atoms with Crippen molar-refractivity contribution < 1.29 is 4.79 Å². The third-order valence-corrected chi connectivity index (χ3v) is 4.15. The molecule has 1 heterocycles. The molecule has 3 nitrogen and oxygen atoms in total. The monoisotopic (exact) mass is 308 g/mol. The van der Waals surface area contributed by atoms with Gasteiger partial charge in [0.05, 0.1) is 5.69 Å². The molecule has 0 bridgehead atoms. The van der Waals surface area contributed by atoms with Crippen LogP contribution in [0.5, 0.6) is 0 Å². The van der Waals surface area contributed by atoms with Crippen molar-refractivity contribution in [2.75, 3.05) is 5.32 Å². The first-order chi connectivity index (χ1) is 10.6. The largest absolute Gasteiger partial charge is 0.332 e. The van der Waals surface area contributed by atoms with Gasteiger partial charge in [0.25, 0.3) is 0 Å². The number of aryl methyl sites for hydroxylation is 1. The first-order valence-corrected chi connectivity index (χ1v) is 7.90. The smallest absolute Gasteiger partial charge is 0.187 e. The molecule has 0 aliphatic carbocycles. The molecule has 0 atom stereocenters. The number of nitrogens with one attached hydrogen (secondary N) is 1. The van der Waals surface area contributed by atoms with Crippen LogP contribution >= 0.6 is 11.3 Å². The zero-order valence-electron chi connectivity index (χ0n) is 12.5. The topological polar surface area (TPSA) is 42.0 Å². The SMILES string of the molecule is CC(=O)c1ccc(Nc2nc(-c3ccc(C)cc3)cs2)cc1. The van der Waals surface area contributed by atoms with Crippen LogP contribution in [0.15, 0.2) is 53.9 Å². The number of thiazole rings is 1. The highest BCUT2D eigenvalue weighted by atomic mass is 32.1. The van der Waals surface area contributed by atoms with E-state index in [1.165, 1.54) is 5.56 Å². The Morgan fingerprint density at radius 3 is 2.36 bits per heavy atom. The fourth-order valence-electron chi connectivity index (χ4n) is 2.10. The van der Waals surface area contributed by atoms with E-state index in [0.29, 0.717) is 5.56 Å². The minimum absolute atomic E-state index is 0.0717. The molecule has 1 N–H and O–H groups in total. The van der Waals surface area contributed by atoms with Crippen molar-refractivity contribution in [3.8, 4) is 11.3 Å². The maximum atomic E-state index is 11.3. The average molecular weight is 308 g/mol. The maximum Gasteiger partial charge on any atom is 0.187 e. The highest BCUT2D eigenvalue weighted by Crippen LogP contribution is 2.27. The van der Waals surface area contributed by atoms with E-state index in [1.54, 1.807) is 18.3 Å². The Kier molecular flexibility index (Phi) is 4.02. The Balaban J connectivity index is 1.76. The third-order valence-electron chi connectivity index (χ3n) is 3.39. The molecule has 4 heteroatoms. The second-order valence-corrected chi connectivity index (χ2v) is 6.02. The summed E-state index contributed by atoms with van der Waals surface area (Å²) in [6.45, 7) is 3.64. The summed E-state index contributed by atoms with van der Waals surface area (Å²) in [6, 6.07) is 15.8. The van der Waals surface area contributed by atoms with Crippen LogP contribution in [0, 0.1) is 6.92 Å². The lowest BCUT2D eigenvalue weighted by molar-refractivity contribution is 0.101. The molecule has 0 aliphatic heterocycles. The van der Waals surface area contributed by atoms with Gasteiger partial charge in [-0.3, -0.25) is 4.79 Å². The predicted octanol–water partition coefficient (Wildman–Crippen LogP) is 5.06. The molecule has 0 amide bonds. The summed E-state index contributed by atoms with van der Waals surface area (Å²) in [5.41, 5.74) is 4.96. The molecule has 1 aromatic heterocycles. The Labute approximate surface area is 133 Å². The van der Waals surface area contributed by atoms with Crippen molar-refractivity contribution >= 4 is 27.9 Å². The fourth-order valence-corrected chi connectivity index (χ4v) is 2.84. The van der Waals surface area contributed by atoms with Crippen LogP contribution in [0.3, 0.4) is 0 Å². The van der Waals surface area contributed by atoms with Gasteiger partial charge in [-0.15, -0.1) is 11.3 Å². The Hall–Kier alpha value is -2.46. The van der Waals surface area contributed by atoms with Gasteiger partial charge in [0.15, 0.2) is 10.9 Å². The van der Waals surface area contributed by atoms with E-state index < -0.39 is 0 Å². The number of anilines is 2. The predicted molar refractivity (Wildman–Crippen MR) is 92.0 cm³/mol. The van der Waals surface area contributed by atoms with E-state index in [4.69, 9.17) is 0 Å². The molecule has 110 valence electrons. The summed E-state index contributed by atoms with van der Waals surface area (Å²) in [7, 11) is 0. The van der Waals surface area contributed by atoms with E-state index in [-0.39, 0.29) is 5.78 Å². The van der Waals surface area contributed by atoms with Crippen LogP contribution in [0.1, 0.15) is 22.8 Å². The molecule has 0 fully saturated rings. The molecule has 22 heavy (non-hydrogen) atoms. The minimum atomic E-state index is 0.0717. The second-order valence-electron chi connectivity index (χ2n) is 5.16. The molecule has 0 saturated carbocycles. The number of hydrogen-bond acceptors (Lipinski definition) is 4. The highest BCUT2D eigenvalue weighted by Gasteiger charge is 2.05. The van der Waals surface area contributed by atoms with Crippen molar-refractivity contribution in [1.82, 2.24) is 4.98 Å². The molecular formula is C18H16N2OS. The van der Waals surface area contributed by atoms with Crippen molar-refractivity contribution in [3.63, 3.8) is 0 Å². The Bertz CT molecular complexity index is 789. The number of ketones is 1. The van der Waals surface area contributed by atoms with Gasteiger partial charge >= 0.3 is 0 Å². The molecule has 3 aromatic rings. The third kappa shape index (κ3) is 3.23. The molecule has 0 aliphatic rings. The molecular weight excluding hydrogens is 292 g/mol. The zero-order valence-corrected chi connectivity index (χ0v) is 13.3. The van der Waals surface area contributed by atoms with Crippen molar-refractivity contribution in [2.45, 2.75) is 13.8 Å². The molecule has 0 radical (unpaired) electrons. The van der Waals surface area contributed by atoms with E-state index >= 15 is 0 Å². The lowest BCUT2D eigenvalue weighted by Crippen LogP contribution is -1.93. The second kappa shape index (κ2) is 6.12. The van der Waals surface area contributed by atoms with Crippen LogP contribution in [0.2, 0.25) is 0 Å². The molecule has 0 saturated heterocycles. The van der Waals surface area contributed by atoms with Gasteiger partial charge in [0, 0.05) is 22.2 Å². The number of hydrogen-bond donors (Lipinski definition) is 1. The molecule has 2 aromatic carbocycles. The lowest BCUT2D eigenvalue weighted by Gasteiger charge is -2.03. The van der Waals surface area contributed by atoms with Gasteiger partial charge in [-0.2, -0.15) is 0 Å². The highest BCUT2D eigenvalue weighted by molar-refractivity contribution is 7.14.